The van der Waals surface area contributed by atoms with Crippen molar-refractivity contribution < 1.29 is 17.9 Å². The van der Waals surface area contributed by atoms with Gasteiger partial charge in [-0.2, -0.15) is 4.98 Å². The number of cyclic esters (lactones) is 1. The Balaban J connectivity index is 1.77. The molecule has 1 N–H and O–H groups in total. The van der Waals surface area contributed by atoms with E-state index in [1.807, 2.05) is 20.8 Å². The molecule has 1 aromatic heterocycles. The number of sulfonamides is 1. The maximum Gasteiger partial charge on any atom is 0.415 e. The summed E-state index contributed by atoms with van der Waals surface area (Å²) in [6.07, 6.45) is 1.18. The molecule has 1 aliphatic heterocycles. The van der Waals surface area contributed by atoms with Crippen molar-refractivity contribution in [2.75, 3.05) is 30.9 Å². The first-order valence-corrected chi connectivity index (χ1v) is 11.1. The predicted molar refractivity (Wildman–Crippen MR) is 114 cm³/mol. The van der Waals surface area contributed by atoms with E-state index in [0.29, 0.717) is 18.4 Å². The lowest BCUT2D eigenvalue weighted by atomic mass is 10.0. The molecular formula is C20H27N5O4S. The van der Waals surface area contributed by atoms with Crippen molar-refractivity contribution in [2.24, 2.45) is 5.92 Å². The van der Waals surface area contributed by atoms with Crippen LogP contribution in [0.4, 0.5) is 16.6 Å². The standard InChI is InChI=1S/C20H27N5O4S/c1-13(2)17-12-29-20(26)25(17)18-10-11-21-19(23-18)22-14(3)15-6-8-16(9-7-15)30(27,28)24(4)5/h6-11,13-14,17H,12H2,1-5H3,(H,21,22,23)/t14-,17+/m0/s1. The highest BCUT2D eigenvalue weighted by Crippen LogP contribution is 2.27. The van der Waals surface area contributed by atoms with Crippen LogP contribution in [0, 0.1) is 5.92 Å². The number of carbonyl (C=O) groups excluding carboxylic acids is 1. The molecule has 0 bridgehead atoms. The molecule has 0 radical (unpaired) electrons. The molecule has 2 atom stereocenters. The van der Waals surface area contributed by atoms with E-state index in [2.05, 4.69) is 15.3 Å². The minimum Gasteiger partial charge on any atom is -0.447 e. The quantitative estimate of drug-likeness (QED) is 0.716. The zero-order valence-corrected chi connectivity index (χ0v) is 18.5. The van der Waals surface area contributed by atoms with Crippen LogP contribution in [0.25, 0.3) is 0 Å². The van der Waals surface area contributed by atoms with Crippen molar-refractivity contribution in [1.29, 1.82) is 0 Å². The van der Waals surface area contributed by atoms with Gasteiger partial charge in [0.15, 0.2) is 0 Å². The predicted octanol–water partition coefficient (Wildman–Crippen LogP) is 2.88. The summed E-state index contributed by atoms with van der Waals surface area (Å²) in [6, 6.07) is 8.08. The molecule has 1 saturated heterocycles. The topological polar surface area (TPSA) is 105 Å². The van der Waals surface area contributed by atoms with Crippen LogP contribution in [0.15, 0.2) is 41.4 Å². The molecule has 162 valence electrons. The summed E-state index contributed by atoms with van der Waals surface area (Å²) >= 11 is 0. The first-order chi connectivity index (χ1) is 14.1. The van der Waals surface area contributed by atoms with E-state index in [4.69, 9.17) is 4.74 Å². The Morgan fingerprint density at radius 2 is 1.83 bits per heavy atom. The van der Waals surface area contributed by atoms with Crippen LogP contribution < -0.4 is 10.2 Å². The third kappa shape index (κ3) is 4.39. The number of aromatic nitrogens is 2. The summed E-state index contributed by atoms with van der Waals surface area (Å²) in [6.45, 7) is 6.32. The normalized spacial score (nSPS) is 18.0. The van der Waals surface area contributed by atoms with E-state index in [-0.39, 0.29) is 22.9 Å². The van der Waals surface area contributed by atoms with Gasteiger partial charge in [-0.1, -0.05) is 26.0 Å². The molecule has 2 heterocycles. The van der Waals surface area contributed by atoms with Gasteiger partial charge in [-0.3, -0.25) is 4.90 Å². The highest BCUT2D eigenvalue weighted by atomic mass is 32.2. The van der Waals surface area contributed by atoms with Gasteiger partial charge < -0.3 is 10.1 Å². The molecule has 30 heavy (non-hydrogen) atoms. The fourth-order valence-corrected chi connectivity index (χ4v) is 4.06. The van der Waals surface area contributed by atoms with Crippen LogP contribution in [0.5, 0.6) is 0 Å². The third-order valence-corrected chi connectivity index (χ3v) is 6.90. The molecule has 0 aliphatic carbocycles. The van der Waals surface area contributed by atoms with Gasteiger partial charge in [0.25, 0.3) is 0 Å². The summed E-state index contributed by atoms with van der Waals surface area (Å²) in [7, 11) is -0.476. The van der Waals surface area contributed by atoms with Crippen LogP contribution >= 0.6 is 0 Å². The lowest BCUT2D eigenvalue weighted by Gasteiger charge is -2.23. The summed E-state index contributed by atoms with van der Waals surface area (Å²) in [5.74, 6) is 1.07. The van der Waals surface area contributed by atoms with Gasteiger partial charge in [0.1, 0.15) is 12.4 Å². The Morgan fingerprint density at radius 3 is 2.43 bits per heavy atom. The number of ether oxygens (including phenoxy) is 1. The summed E-state index contributed by atoms with van der Waals surface area (Å²) in [5.41, 5.74) is 0.877. The second kappa shape index (κ2) is 8.57. The zero-order chi connectivity index (χ0) is 22.1. The second-order valence-electron chi connectivity index (χ2n) is 7.72. The van der Waals surface area contributed by atoms with Crippen molar-refractivity contribution in [3.63, 3.8) is 0 Å². The Morgan fingerprint density at radius 1 is 1.17 bits per heavy atom. The number of rotatable bonds is 7. The maximum absolute atomic E-state index is 12.2. The molecular weight excluding hydrogens is 406 g/mol. The molecule has 1 amide bonds. The molecule has 3 rings (SSSR count). The third-order valence-electron chi connectivity index (χ3n) is 5.07. The molecule has 9 nitrogen and oxygen atoms in total. The van der Waals surface area contributed by atoms with Gasteiger partial charge in [-0.25, -0.2) is 22.5 Å². The maximum atomic E-state index is 12.2. The number of carbonyl (C=O) groups is 1. The van der Waals surface area contributed by atoms with Crippen LogP contribution in [-0.4, -0.2) is 55.5 Å². The van der Waals surface area contributed by atoms with Gasteiger partial charge in [0, 0.05) is 20.3 Å². The van der Waals surface area contributed by atoms with E-state index in [0.717, 1.165) is 5.56 Å². The van der Waals surface area contributed by atoms with Crippen molar-refractivity contribution in [2.45, 2.75) is 37.8 Å². The zero-order valence-electron chi connectivity index (χ0n) is 17.7. The smallest absolute Gasteiger partial charge is 0.415 e. The van der Waals surface area contributed by atoms with E-state index >= 15 is 0 Å². The SMILES string of the molecule is CC(C)[C@H]1COC(=O)N1c1ccnc(N[C@@H](C)c2ccc(S(=O)(=O)N(C)C)cc2)n1. The number of benzene rings is 1. The van der Waals surface area contributed by atoms with Crippen LogP contribution in [0.1, 0.15) is 32.4 Å². The highest BCUT2D eigenvalue weighted by molar-refractivity contribution is 7.89. The monoisotopic (exact) mass is 433 g/mol. The average Bonchev–Trinajstić information content (AvgIpc) is 3.10. The molecule has 1 fully saturated rings. The molecule has 1 aromatic carbocycles. The molecule has 1 aliphatic rings. The number of nitrogens with zero attached hydrogens (tertiary/aromatic N) is 4. The molecule has 0 saturated carbocycles. The number of nitrogens with one attached hydrogen (secondary N) is 1. The minimum absolute atomic E-state index is 0.0798. The first-order valence-electron chi connectivity index (χ1n) is 9.69. The van der Waals surface area contributed by atoms with Crippen LogP contribution in [0.3, 0.4) is 0 Å². The summed E-state index contributed by atoms with van der Waals surface area (Å²) < 4.78 is 30.8. The average molecular weight is 434 g/mol. The summed E-state index contributed by atoms with van der Waals surface area (Å²) in [4.78, 5) is 22.7. The van der Waals surface area contributed by atoms with Crippen LogP contribution in [0.2, 0.25) is 0 Å². The lowest BCUT2D eigenvalue weighted by Crippen LogP contribution is -2.37. The van der Waals surface area contributed by atoms with E-state index in [1.54, 1.807) is 41.4 Å². The van der Waals surface area contributed by atoms with Gasteiger partial charge in [0.2, 0.25) is 16.0 Å². The Labute approximate surface area is 177 Å². The Kier molecular flexibility index (Phi) is 6.27. The number of anilines is 2. The van der Waals surface area contributed by atoms with Crippen molar-refractivity contribution >= 4 is 27.9 Å². The molecule has 0 spiro atoms. The van der Waals surface area contributed by atoms with Crippen molar-refractivity contribution in [3.8, 4) is 0 Å². The lowest BCUT2D eigenvalue weighted by molar-refractivity contribution is 0.177. The second-order valence-corrected chi connectivity index (χ2v) is 9.87. The van der Waals surface area contributed by atoms with Gasteiger partial charge in [0.05, 0.1) is 17.0 Å². The van der Waals surface area contributed by atoms with E-state index in [1.165, 1.54) is 18.4 Å². The largest absolute Gasteiger partial charge is 0.447 e. The fourth-order valence-electron chi connectivity index (χ4n) is 3.16. The van der Waals surface area contributed by atoms with Crippen molar-refractivity contribution in [1.82, 2.24) is 14.3 Å². The first kappa shape index (κ1) is 22.0. The van der Waals surface area contributed by atoms with Crippen LogP contribution in [-0.2, 0) is 14.8 Å². The number of hydrogen-bond donors (Lipinski definition) is 1. The summed E-state index contributed by atoms with van der Waals surface area (Å²) in [5, 5.41) is 3.20. The minimum atomic E-state index is -3.47. The molecule has 0 unspecified atom stereocenters. The Bertz CT molecular complexity index is 1010. The van der Waals surface area contributed by atoms with E-state index < -0.39 is 16.1 Å². The fraction of sp³-hybridized carbons (Fsp3) is 0.450. The molecule has 2 aromatic rings. The number of amides is 1. The van der Waals surface area contributed by atoms with E-state index in [9.17, 15) is 13.2 Å². The highest BCUT2D eigenvalue weighted by Gasteiger charge is 2.37. The Hall–Kier alpha value is -2.72. The molecule has 10 heteroatoms. The van der Waals surface area contributed by atoms with Gasteiger partial charge >= 0.3 is 6.09 Å². The number of hydrogen-bond acceptors (Lipinski definition) is 7. The van der Waals surface area contributed by atoms with Crippen molar-refractivity contribution in [3.05, 3.63) is 42.1 Å². The van der Waals surface area contributed by atoms with Gasteiger partial charge in [-0.15, -0.1) is 0 Å². The van der Waals surface area contributed by atoms with Gasteiger partial charge in [-0.05, 0) is 36.6 Å².